The highest BCUT2D eigenvalue weighted by atomic mass is 16.3. The van der Waals surface area contributed by atoms with Crippen molar-refractivity contribution in [2.45, 2.75) is 51.0 Å². The number of piperidine rings is 2. The van der Waals surface area contributed by atoms with Crippen molar-refractivity contribution in [1.82, 2.24) is 14.4 Å². The van der Waals surface area contributed by atoms with Gasteiger partial charge < -0.3 is 10.0 Å². The van der Waals surface area contributed by atoms with Gasteiger partial charge in [0.25, 0.3) is 0 Å². The van der Waals surface area contributed by atoms with Crippen molar-refractivity contribution in [3.63, 3.8) is 0 Å². The van der Waals surface area contributed by atoms with Gasteiger partial charge in [0, 0.05) is 49.1 Å². The summed E-state index contributed by atoms with van der Waals surface area (Å²) in [7, 11) is 4.03. The zero-order valence-electron chi connectivity index (χ0n) is 17.9. The third-order valence-corrected chi connectivity index (χ3v) is 7.68. The standard InChI is InChI=1S/C24H33N3O2/c1-4-16-11-15-12-20-23(16)26(14-15)10-7-18-19-13-17(28)5-6-21(19)27(24(18)20)22(29)8-9-25(2)3/h5-6,13,15-16,20,23,28H,4,7-12,14H2,1-3H3/t15-,16+,20-,23+/m1/s1. The van der Waals surface area contributed by atoms with E-state index < -0.39 is 0 Å². The van der Waals surface area contributed by atoms with Gasteiger partial charge in [0.2, 0.25) is 5.91 Å². The van der Waals surface area contributed by atoms with Gasteiger partial charge in [-0.25, -0.2) is 0 Å². The van der Waals surface area contributed by atoms with E-state index in [0.29, 0.717) is 24.1 Å². The summed E-state index contributed by atoms with van der Waals surface area (Å²) < 4.78 is 2.05. The minimum Gasteiger partial charge on any atom is -0.508 e. The molecule has 0 radical (unpaired) electrons. The van der Waals surface area contributed by atoms with Gasteiger partial charge >= 0.3 is 0 Å². The molecule has 5 nitrogen and oxygen atoms in total. The average molecular weight is 396 g/mol. The number of rotatable bonds is 4. The molecule has 1 aliphatic carbocycles. The van der Waals surface area contributed by atoms with E-state index in [0.717, 1.165) is 42.2 Å². The fourth-order valence-corrected chi connectivity index (χ4v) is 6.54. The molecular formula is C24H33N3O2. The molecule has 1 unspecified atom stereocenters. The predicted molar refractivity (Wildman–Crippen MR) is 116 cm³/mol. The van der Waals surface area contributed by atoms with Crippen LogP contribution >= 0.6 is 0 Å². The highest BCUT2D eigenvalue weighted by molar-refractivity contribution is 5.97. The monoisotopic (exact) mass is 395 g/mol. The van der Waals surface area contributed by atoms with Gasteiger partial charge in [0.05, 0.1) is 5.52 Å². The Morgan fingerprint density at radius 3 is 2.86 bits per heavy atom. The predicted octanol–water partition coefficient (Wildman–Crippen LogP) is 3.70. The quantitative estimate of drug-likeness (QED) is 0.858. The Balaban J connectivity index is 1.69. The van der Waals surface area contributed by atoms with Crippen LogP contribution in [0.15, 0.2) is 18.2 Å². The summed E-state index contributed by atoms with van der Waals surface area (Å²) in [6.45, 7) is 5.38. The molecule has 0 amide bonds. The van der Waals surface area contributed by atoms with Gasteiger partial charge in [-0.3, -0.25) is 14.3 Å². The van der Waals surface area contributed by atoms with E-state index in [1.165, 1.54) is 37.1 Å². The molecule has 0 spiro atoms. The average Bonchev–Trinajstić information content (AvgIpc) is 2.97. The van der Waals surface area contributed by atoms with Crippen molar-refractivity contribution in [2.24, 2.45) is 11.8 Å². The number of phenols is 1. The first-order valence-corrected chi connectivity index (χ1v) is 11.3. The lowest BCUT2D eigenvalue weighted by Crippen LogP contribution is -2.56. The van der Waals surface area contributed by atoms with E-state index in [-0.39, 0.29) is 5.91 Å². The Labute approximate surface area is 173 Å². The normalized spacial score (nSPS) is 30.6. The third kappa shape index (κ3) is 3.01. The van der Waals surface area contributed by atoms with Gasteiger partial charge in [-0.2, -0.15) is 0 Å². The highest BCUT2D eigenvalue weighted by Crippen LogP contribution is 2.52. The van der Waals surface area contributed by atoms with Gasteiger partial charge in [0.1, 0.15) is 5.75 Å². The van der Waals surface area contributed by atoms with Crippen molar-refractivity contribution >= 4 is 16.8 Å². The second kappa shape index (κ2) is 7.13. The van der Waals surface area contributed by atoms with Crippen LogP contribution in [0, 0.1) is 11.8 Å². The molecule has 156 valence electrons. The number of hydrogen-bond acceptors (Lipinski definition) is 4. The van der Waals surface area contributed by atoms with Crippen LogP contribution in [-0.2, 0) is 6.42 Å². The van der Waals surface area contributed by atoms with Crippen LogP contribution in [0.4, 0.5) is 0 Å². The van der Waals surface area contributed by atoms with E-state index in [1.54, 1.807) is 6.07 Å². The molecule has 1 N–H and O–H groups in total. The fraction of sp³-hybridized carbons (Fsp3) is 0.625. The molecule has 1 aromatic carbocycles. The summed E-state index contributed by atoms with van der Waals surface area (Å²) in [4.78, 5) is 18.3. The van der Waals surface area contributed by atoms with E-state index in [1.807, 2.05) is 26.2 Å². The van der Waals surface area contributed by atoms with Gasteiger partial charge in [-0.15, -0.1) is 0 Å². The summed E-state index contributed by atoms with van der Waals surface area (Å²) >= 11 is 0. The third-order valence-electron chi connectivity index (χ3n) is 7.68. The lowest BCUT2D eigenvalue weighted by atomic mass is 9.65. The summed E-state index contributed by atoms with van der Waals surface area (Å²) in [5, 5.41) is 11.3. The van der Waals surface area contributed by atoms with Crippen LogP contribution in [-0.4, -0.2) is 65.2 Å². The first-order valence-electron chi connectivity index (χ1n) is 11.3. The maximum absolute atomic E-state index is 13.5. The van der Waals surface area contributed by atoms with Crippen molar-refractivity contribution < 1.29 is 9.90 Å². The lowest BCUT2D eigenvalue weighted by Gasteiger charge is -2.53. The molecule has 3 aliphatic heterocycles. The van der Waals surface area contributed by atoms with E-state index >= 15 is 0 Å². The van der Waals surface area contributed by atoms with Crippen LogP contribution in [0.25, 0.3) is 10.9 Å². The van der Waals surface area contributed by atoms with E-state index in [2.05, 4.69) is 21.3 Å². The summed E-state index contributed by atoms with van der Waals surface area (Å²) in [6.07, 6.45) is 5.26. The molecule has 1 aromatic heterocycles. The number of carbonyl (C=O) groups is 1. The molecule has 2 aromatic rings. The van der Waals surface area contributed by atoms with Crippen molar-refractivity contribution in [2.75, 3.05) is 33.7 Å². The van der Waals surface area contributed by atoms with Gasteiger partial charge in [-0.1, -0.05) is 13.3 Å². The maximum atomic E-state index is 13.5. The summed E-state index contributed by atoms with van der Waals surface area (Å²) in [6, 6.07) is 6.11. The Kier molecular flexibility index (Phi) is 4.71. The number of benzene rings is 1. The van der Waals surface area contributed by atoms with Crippen LogP contribution < -0.4 is 0 Å². The van der Waals surface area contributed by atoms with Gasteiger partial charge in [0.15, 0.2) is 0 Å². The Morgan fingerprint density at radius 2 is 2.10 bits per heavy atom. The molecule has 4 aliphatic rings. The molecule has 1 saturated carbocycles. The van der Waals surface area contributed by atoms with Crippen LogP contribution in [0.1, 0.15) is 54.6 Å². The molecule has 3 fully saturated rings. The number of nitrogens with zero attached hydrogens (tertiary/aromatic N) is 3. The maximum Gasteiger partial charge on any atom is 0.232 e. The van der Waals surface area contributed by atoms with Gasteiger partial charge in [-0.05, 0) is 69.0 Å². The second-order valence-electron chi connectivity index (χ2n) is 9.70. The second-order valence-corrected chi connectivity index (χ2v) is 9.70. The minimum absolute atomic E-state index is 0.193. The zero-order valence-corrected chi connectivity index (χ0v) is 17.9. The largest absolute Gasteiger partial charge is 0.508 e. The Hall–Kier alpha value is -1.85. The molecule has 6 rings (SSSR count). The number of phenolic OH excluding ortho intramolecular Hbond substituents is 1. The zero-order chi connectivity index (χ0) is 20.3. The smallest absolute Gasteiger partial charge is 0.232 e. The molecule has 5 heteroatoms. The molecule has 29 heavy (non-hydrogen) atoms. The van der Waals surface area contributed by atoms with E-state index in [9.17, 15) is 9.90 Å². The van der Waals surface area contributed by atoms with E-state index in [4.69, 9.17) is 0 Å². The molecular weight excluding hydrogens is 362 g/mol. The summed E-state index contributed by atoms with van der Waals surface area (Å²) in [5.74, 6) is 2.40. The van der Waals surface area contributed by atoms with Crippen molar-refractivity contribution in [3.05, 3.63) is 29.5 Å². The topological polar surface area (TPSA) is 48.7 Å². The fourth-order valence-electron chi connectivity index (χ4n) is 6.54. The van der Waals surface area contributed by atoms with Crippen LogP contribution in [0.2, 0.25) is 0 Å². The minimum atomic E-state index is 0.193. The van der Waals surface area contributed by atoms with Crippen LogP contribution in [0.5, 0.6) is 5.75 Å². The summed E-state index contributed by atoms with van der Waals surface area (Å²) in [5.41, 5.74) is 3.56. The molecule has 5 atom stereocenters. The number of carbonyl (C=O) groups excluding carboxylic acids is 1. The van der Waals surface area contributed by atoms with Crippen LogP contribution in [0.3, 0.4) is 0 Å². The number of aromatic nitrogens is 1. The SMILES string of the molecule is CC[C@H]1C[C@@H]2C[C@H]3c4c(c5cc(O)ccc5n4C(=O)CCN(C)C)CCN(C2)[C@@H]13. The highest BCUT2D eigenvalue weighted by Gasteiger charge is 2.49. The Morgan fingerprint density at radius 1 is 1.28 bits per heavy atom. The number of fused-ring (bicyclic) bond motifs is 4. The van der Waals surface area contributed by atoms with Crippen molar-refractivity contribution in [3.8, 4) is 5.75 Å². The van der Waals surface area contributed by atoms with Crippen molar-refractivity contribution in [1.29, 1.82) is 0 Å². The molecule has 4 heterocycles. The lowest BCUT2D eigenvalue weighted by molar-refractivity contribution is -0.0140. The number of aromatic hydroxyl groups is 1. The number of hydrogen-bond donors (Lipinski definition) is 1. The molecule has 2 saturated heterocycles. The Bertz CT molecular complexity index is 947. The molecule has 4 bridgehead atoms. The first kappa shape index (κ1) is 19.1. The first-order chi connectivity index (χ1) is 14.0.